The lowest BCUT2D eigenvalue weighted by Crippen LogP contribution is -2.39. The first kappa shape index (κ1) is 13.4. The Morgan fingerprint density at radius 1 is 1.57 bits per heavy atom. The second-order valence-electron chi connectivity index (χ2n) is 3.09. The minimum atomic E-state index is -0.630. The van der Waals surface area contributed by atoms with Crippen LogP contribution in [0.2, 0.25) is 0 Å². The third-order valence-electron chi connectivity index (χ3n) is 1.61. The van der Waals surface area contributed by atoms with Crippen molar-refractivity contribution in [3.8, 4) is 0 Å². The van der Waals surface area contributed by atoms with Gasteiger partial charge in [-0.05, 0) is 13.0 Å². The summed E-state index contributed by atoms with van der Waals surface area (Å²) >= 11 is 0. The number of aliphatic hydroxyl groups excluding tert-OH is 1. The summed E-state index contributed by atoms with van der Waals surface area (Å²) < 4.78 is 4.72. The monoisotopic (exact) mass is 204 g/mol. The van der Waals surface area contributed by atoms with Gasteiger partial charge in [-0.25, -0.2) is 0 Å². The molecule has 0 fully saturated rings. The molecule has 0 rings (SSSR count). The molecule has 0 aliphatic carbocycles. The molecule has 1 unspecified atom stereocenters. The quantitative estimate of drug-likeness (QED) is 0.449. The lowest BCUT2D eigenvalue weighted by atomic mass is 10.3. The second-order valence-corrected chi connectivity index (χ2v) is 3.09. The zero-order chi connectivity index (χ0) is 10.8. The molecule has 0 bridgehead atoms. The maximum absolute atomic E-state index is 11.1. The summed E-state index contributed by atoms with van der Waals surface area (Å²) in [6, 6.07) is 0. The van der Waals surface area contributed by atoms with E-state index in [1.54, 1.807) is 0 Å². The van der Waals surface area contributed by atoms with E-state index in [1.165, 1.54) is 7.11 Å². The topological polar surface area (TPSA) is 70.6 Å². The normalized spacial score (nSPS) is 12.5. The van der Waals surface area contributed by atoms with Crippen LogP contribution in [0.25, 0.3) is 0 Å². The maximum atomic E-state index is 11.1. The van der Waals surface area contributed by atoms with Gasteiger partial charge in [0.05, 0.1) is 19.3 Å². The molecule has 0 aromatic carbocycles. The van der Waals surface area contributed by atoms with E-state index in [4.69, 9.17) is 4.74 Å². The standard InChI is InChI=1S/C9H20N2O3/c1-3-4-10-6-9(13)11-5-8(12)7-14-2/h8,10,12H,3-7H2,1-2H3,(H,11,13). The van der Waals surface area contributed by atoms with Gasteiger partial charge in [0.2, 0.25) is 5.91 Å². The van der Waals surface area contributed by atoms with Crippen LogP contribution in [0.15, 0.2) is 0 Å². The summed E-state index contributed by atoms with van der Waals surface area (Å²) in [5.74, 6) is -0.103. The zero-order valence-electron chi connectivity index (χ0n) is 8.88. The lowest BCUT2D eigenvalue weighted by molar-refractivity contribution is -0.120. The van der Waals surface area contributed by atoms with Crippen molar-refractivity contribution in [1.29, 1.82) is 0 Å². The Morgan fingerprint density at radius 2 is 2.29 bits per heavy atom. The highest BCUT2D eigenvalue weighted by atomic mass is 16.5. The summed E-state index contributed by atoms with van der Waals surface area (Å²) in [5, 5.41) is 14.8. The Balaban J connectivity index is 3.34. The molecule has 84 valence electrons. The van der Waals surface area contributed by atoms with Crippen molar-refractivity contribution in [2.75, 3.05) is 33.4 Å². The van der Waals surface area contributed by atoms with Gasteiger partial charge < -0.3 is 20.5 Å². The number of ether oxygens (including phenoxy) is 1. The molecule has 0 aromatic heterocycles. The molecule has 0 radical (unpaired) electrons. The molecular formula is C9H20N2O3. The van der Waals surface area contributed by atoms with E-state index in [2.05, 4.69) is 10.6 Å². The zero-order valence-corrected chi connectivity index (χ0v) is 8.88. The Kier molecular flexibility index (Phi) is 8.51. The number of aliphatic hydroxyl groups is 1. The predicted molar refractivity (Wildman–Crippen MR) is 54.1 cm³/mol. The maximum Gasteiger partial charge on any atom is 0.234 e. The van der Waals surface area contributed by atoms with E-state index in [9.17, 15) is 9.90 Å². The van der Waals surface area contributed by atoms with Crippen LogP contribution in [0.1, 0.15) is 13.3 Å². The van der Waals surface area contributed by atoms with Gasteiger partial charge in [-0.15, -0.1) is 0 Å². The van der Waals surface area contributed by atoms with E-state index in [1.807, 2.05) is 6.92 Å². The SMILES string of the molecule is CCCNCC(=O)NCC(O)COC. The van der Waals surface area contributed by atoms with Crippen molar-refractivity contribution >= 4 is 5.91 Å². The smallest absolute Gasteiger partial charge is 0.234 e. The Morgan fingerprint density at radius 3 is 2.86 bits per heavy atom. The molecule has 5 heteroatoms. The van der Waals surface area contributed by atoms with E-state index in [0.29, 0.717) is 6.54 Å². The molecule has 0 aromatic rings. The number of carbonyl (C=O) groups excluding carboxylic acids is 1. The summed E-state index contributed by atoms with van der Waals surface area (Å²) in [4.78, 5) is 11.1. The van der Waals surface area contributed by atoms with E-state index in [0.717, 1.165) is 13.0 Å². The minimum absolute atomic E-state index is 0.103. The molecule has 0 spiro atoms. The van der Waals surface area contributed by atoms with Gasteiger partial charge in [0.15, 0.2) is 0 Å². The summed E-state index contributed by atoms with van der Waals surface area (Å²) in [5.41, 5.74) is 0. The Hall–Kier alpha value is -0.650. The molecule has 0 heterocycles. The average molecular weight is 204 g/mol. The summed E-state index contributed by atoms with van der Waals surface area (Å²) in [6.07, 6.45) is 0.370. The molecule has 1 amide bonds. The van der Waals surface area contributed by atoms with Gasteiger partial charge >= 0.3 is 0 Å². The number of hydrogen-bond acceptors (Lipinski definition) is 4. The van der Waals surface area contributed by atoms with Crippen LogP contribution < -0.4 is 10.6 Å². The highest BCUT2D eigenvalue weighted by Gasteiger charge is 2.05. The molecular weight excluding hydrogens is 184 g/mol. The predicted octanol–water partition coefficient (Wildman–Crippen LogP) is -0.890. The number of amides is 1. The number of nitrogens with one attached hydrogen (secondary N) is 2. The molecule has 3 N–H and O–H groups in total. The molecule has 14 heavy (non-hydrogen) atoms. The highest BCUT2D eigenvalue weighted by molar-refractivity contribution is 5.77. The number of hydrogen-bond donors (Lipinski definition) is 3. The fraction of sp³-hybridized carbons (Fsp3) is 0.889. The van der Waals surface area contributed by atoms with Crippen molar-refractivity contribution in [2.45, 2.75) is 19.4 Å². The molecule has 5 nitrogen and oxygen atoms in total. The highest BCUT2D eigenvalue weighted by Crippen LogP contribution is 1.80. The van der Waals surface area contributed by atoms with Crippen molar-refractivity contribution in [3.05, 3.63) is 0 Å². The number of rotatable bonds is 8. The van der Waals surface area contributed by atoms with Crippen LogP contribution in [0, 0.1) is 0 Å². The number of methoxy groups -OCH3 is 1. The van der Waals surface area contributed by atoms with Crippen LogP contribution in [0.5, 0.6) is 0 Å². The lowest BCUT2D eigenvalue weighted by Gasteiger charge is -2.10. The number of carbonyl (C=O) groups is 1. The average Bonchev–Trinajstić information content (AvgIpc) is 2.16. The van der Waals surface area contributed by atoms with E-state index < -0.39 is 6.10 Å². The van der Waals surface area contributed by atoms with Gasteiger partial charge in [-0.3, -0.25) is 4.79 Å². The molecule has 0 saturated carbocycles. The molecule has 0 aliphatic heterocycles. The minimum Gasteiger partial charge on any atom is -0.389 e. The first-order chi connectivity index (χ1) is 6.70. The summed E-state index contributed by atoms with van der Waals surface area (Å²) in [7, 11) is 1.51. The van der Waals surface area contributed by atoms with Gasteiger partial charge in [0.1, 0.15) is 0 Å². The van der Waals surface area contributed by atoms with Crippen molar-refractivity contribution in [3.63, 3.8) is 0 Å². The van der Waals surface area contributed by atoms with E-state index in [-0.39, 0.29) is 19.1 Å². The van der Waals surface area contributed by atoms with Crippen LogP contribution in [0.3, 0.4) is 0 Å². The summed E-state index contributed by atoms with van der Waals surface area (Å²) in [6.45, 7) is 3.64. The fourth-order valence-electron chi connectivity index (χ4n) is 0.924. The van der Waals surface area contributed by atoms with Crippen LogP contribution in [-0.4, -0.2) is 50.5 Å². The van der Waals surface area contributed by atoms with Gasteiger partial charge in [0.25, 0.3) is 0 Å². The van der Waals surface area contributed by atoms with Crippen molar-refractivity contribution in [1.82, 2.24) is 10.6 Å². The third kappa shape index (κ3) is 7.97. The fourth-order valence-corrected chi connectivity index (χ4v) is 0.924. The van der Waals surface area contributed by atoms with Gasteiger partial charge in [-0.2, -0.15) is 0 Å². The molecule has 1 atom stereocenters. The first-order valence-corrected chi connectivity index (χ1v) is 4.85. The van der Waals surface area contributed by atoms with Crippen molar-refractivity contribution in [2.24, 2.45) is 0 Å². The van der Waals surface area contributed by atoms with E-state index >= 15 is 0 Å². The largest absolute Gasteiger partial charge is 0.389 e. The van der Waals surface area contributed by atoms with Crippen LogP contribution in [-0.2, 0) is 9.53 Å². The van der Waals surface area contributed by atoms with Gasteiger partial charge in [0, 0.05) is 13.7 Å². The molecule has 0 saturated heterocycles. The second kappa shape index (κ2) is 8.93. The molecule has 0 aliphatic rings. The third-order valence-corrected chi connectivity index (χ3v) is 1.61. The van der Waals surface area contributed by atoms with Gasteiger partial charge in [-0.1, -0.05) is 6.92 Å². The Bertz CT molecular complexity index is 153. The first-order valence-electron chi connectivity index (χ1n) is 4.85. The van der Waals surface area contributed by atoms with Crippen LogP contribution >= 0.6 is 0 Å². The van der Waals surface area contributed by atoms with Crippen molar-refractivity contribution < 1.29 is 14.6 Å². The Labute approximate surface area is 84.8 Å². The van der Waals surface area contributed by atoms with Crippen LogP contribution in [0.4, 0.5) is 0 Å².